The maximum atomic E-state index is 10.2. The minimum Gasteiger partial charge on any atom is -0.391 e. The Kier molecular flexibility index (Phi) is 5.05. The Morgan fingerprint density at radius 3 is 2.56 bits per heavy atom. The molecule has 2 rings (SSSR count). The van der Waals surface area contributed by atoms with Crippen LogP contribution in [0.1, 0.15) is 46.5 Å². The van der Waals surface area contributed by atoms with Crippen LogP contribution in [0, 0.1) is 5.92 Å². The number of aliphatic hydroxyl groups is 1. The van der Waals surface area contributed by atoms with Gasteiger partial charge in [-0.25, -0.2) is 0 Å². The molecule has 1 heterocycles. The van der Waals surface area contributed by atoms with Crippen LogP contribution < -0.4 is 0 Å². The van der Waals surface area contributed by atoms with E-state index < -0.39 is 0 Å². The van der Waals surface area contributed by atoms with Crippen LogP contribution >= 0.6 is 0 Å². The molecular weight excluding hydrogens is 224 g/mol. The lowest BCUT2D eigenvalue weighted by molar-refractivity contribution is 0.0130. The summed E-state index contributed by atoms with van der Waals surface area (Å²) in [5.41, 5.74) is 0. The average molecular weight is 254 g/mol. The van der Waals surface area contributed by atoms with E-state index in [1.165, 1.54) is 25.8 Å². The molecule has 4 atom stereocenters. The van der Waals surface area contributed by atoms with Gasteiger partial charge in [-0.1, -0.05) is 20.8 Å². The number of aliphatic hydroxyl groups excluding tert-OH is 1. The van der Waals surface area contributed by atoms with Gasteiger partial charge in [-0.15, -0.1) is 0 Å². The third-order valence-corrected chi connectivity index (χ3v) is 5.04. The number of likely N-dealkylation sites (N-methyl/N-ethyl adjacent to an activating group) is 1. The van der Waals surface area contributed by atoms with Crippen molar-refractivity contribution < 1.29 is 5.11 Å². The SMILES string of the molecule is CCN(CC)C1CCN(C2CC(C)CCC2O)C1. The van der Waals surface area contributed by atoms with E-state index in [-0.39, 0.29) is 6.10 Å². The van der Waals surface area contributed by atoms with Crippen LogP contribution in [0.3, 0.4) is 0 Å². The Labute approximate surface area is 112 Å². The zero-order valence-electron chi connectivity index (χ0n) is 12.3. The molecule has 3 nitrogen and oxygen atoms in total. The first kappa shape index (κ1) is 14.3. The monoisotopic (exact) mass is 254 g/mol. The number of nitrogens with zero attached hydrogens (tertiary/aromatic N) is 2. The molecule has 1 saturated heterocycles. The molecule has 0 aromatic heterocycles. The van der Waals surface area contributed by atoms with Crippen LogP contribution in [0.4, 0.5) is 0 Å². The normalized spacial score (nSPS) is 38.5. The van der Waals surface area contributed by atoms with Gasteiger partial charge in [0.1, 0.15) is 0 Å². The van der Waals surface area contributed by atoms with E-state index in [0.29, 0.717) is 12.1 Å². The van der Waals surface area contributed by atoms with E-state index in [1.54, 1.807) is 0 Å². The van der Waals surface area contributed by atoms with Gasteiger partial charge in [-0.05, 0) is 44.7 Å². The minimum atomic E-state index is -0.0864. The van der Waals surface area contributed by atoms with E-state index >= 15 is 0 Å². The first-order valence-corrected chi connectivity index (χ1v) is 7.81. The van der Waals surface area contributed by atoms with Crippen LogP contribution in [-0.2, 0) is 0 Å². The van der Waals surface area contributed by atoms with Crippen LogP contribution in [-0.4, -0.2) is 59.3 Å². The summed E-state index contributed by atoms with van der Waals surface area (Å²) >= 11 is 0. The first-order valence-electron chi connectivity index (χ1n) is 7.81. The Morgan fingerprint density at radius 2 is 1.89 bits per heavy atom. The van der Waals surface area contributed by atoms with Crippen molar-refractivity contribution in [1.29, 1.82) is 0 Å². The quantitative estimate of drug-likeness (QED) is 0.831. The summed E-state index contributed by atoms with van der Waals surface area (Å²) in [4.78, 5) is 5.13. The first-order chi connectivity index (χ1) is 8.65. The average Bonchev–Trinajstić information content (AvgIpc) is 2.83. The fraction of sp³-hybridized carbons (Fsp3) is 1.00. The molecule has 18 heavy (non-hydrogen) atoms. The predicted molar refractivity (Wildman–Crippen MR) is 75.7 cm³/mol. The number of hydrogen-bond donors (Lipinski definition) is 1. The molecule has 1 aliphatic carbocycles. The van der Waals surface area contributed by atoms with Crippen LogP contribution in [0.15, 0.2) is 0 Å². The summed E-state index contributed by atoms with van der Waals surface area (Å²) in [6.07, 6.45) is 4.57. The molecule has 106 valence electrons. The van der Waals surface area contributed by atoms with Crippen molar-refractivity contribution in [3.8, 4) is 0 Å². The van der Waals surface area contributed by atoms with E-state index in [1.807, 2.05) is 0 Å². The van der Waals surface area contributed by atoms with Crippen molar-refractivity contribution in [3.63, 3.8) is 0 Å². The molecule has 0 aromatic carbocycles. The molecule has 0 bridgehead atoms. The van der Waals surface area contributed by atoms with Crippen molar-refractivity contribution in [2.45, 2.75) is 64.6 Å². The smallest absolute Gasteiger partial charge is 0.0695 e. The van der Waals surface area contributed by atoms with Crippen LogP contribution in [0.2, 0.25) is 0 Å². The third kappa shape index (κ3) is 3.06. The standard InChI is InChI=1S/C15H30N2O/c1-4-16(5-2)13-8-9-17(11-13)14-10-12(3)6-7-15(14)18/h12-15,18H,4-11H2,1-3H3. The molecule has 1 saturated carbocycles. The van der Waals surface area contributed by atoms with Crippen molar-refractivity contribution in [2.75, 3.05) is 26.2 Å². The van der Waals surface area contributed by atoms with Gasteiger partial charge in [0.15, 0.2) is 0 Å². The second-order valence-corrected chi connectivity index (χ2v) is 6.21. The van der Waals surface area contributed by atoms with E-state index in [9.17, 15) is 5.11 Å². The number of rotatable bonds is 4. The molecule has 1 N–H and O–H groups in total. The number of likely N-dealkylation sites (tertiary alicyclic amines) is 1. The summed E-state index contributed by atoms with van der Waals surface area (Å²) in [6.45, 7) is 11.5. The van der Waals surface area contributed by atoms with Crippen molar-refractivity contribution in [2.24, 2.45) is 5.92 Å². The number of hydrogen-bond acceptors (Lipinski definition) is 3. The van der Waals surface area contributed by atoms with Gasteiger partial charge < -0.3 is 5.11 Å². The second kappa shape index (κ2) is 6.36. The minimum absolute atomic E-state index is 0.0864. The molecular formula is C15H30N2O. The molecule has 1 aliphatic heterocycles. The lowest BCUT2D eigenvalue weighted by atomic mass is 9.84. The fourth-order valence-electron chi connectivity index (χ4n) is 3.83. The molecule has 0 radical (unpaired) electrons. The zero-order valence-corrected chi connectivity index (χ0v) is 12.3. The van der Waals surface area contributed by atoms with Gasteiger partial charge in [0.25, 0.3) is 0 Å². The van der Waals surface area contributed by atoms with Gasteiger partial charge in [-0.3, -0.25) is 9.80 Å². The largest absolute Gasteiger partial charge is 0.391 e. The Hall–Kier alpha value is -0.120. The predicted octanol–water partition coefficient (Wildman–Crippen LogP) is 1.95. The second-order valence-electron chi connectivity index (χ2n) is 6.21. The summed E-state index contributed by atoms with van der Waals surface area (Å²) in [5, 5.41) is 10.2. The highest BCUT2D eigenvalue weighted by molar-refractivity contribution is 4.92. The van der Waals surface area contributed by atoms with E-state index in [0.717, 1.165) is 32.0 Å². The topological polar surface area (TPSA) is 26.7 Å². The van der Waals surface area contributed by atoms with Gasteiger partial charge in [0.05, 0.1) is 6.10 Å². The summed E-state index contributed by atoms with van der Waals surface area (Å²) < 4.78 is 0. The molecule has 0 spiro atoms. The van der Waals surface area contributed by atoms with Crippen LogP contribution in [0.5, 0.6) is 0 Å². The Balaban J connectivity index is 1.91. The molecule has 2 aliphatic rings. The maximum absolute atomic E-state index is 10.2. The highest BCUT2D eigenvalue weighted by Gasteiger charge is 2.36. The Morgan fingerprint density at radius 1 is 1.17 bits per heavy atom. The van der Waals surface area contributed by atoms with E-state index in [4.69, 9.17) is 0 Å². The summed E-state index contributed by atoms with van der Waals surface area (Å²) in [6, 6.07) is 1.14. The lowest BCUT2D eigenvalue weighted by Crippen LogP contribution is -2.47. The zero-order chi connectivity index (χ0) is 13.1. The van der Waals surface area contributed by atoms with Gasteiger partial charge in [-0.2, -0.15) is 0 Å². The fourth-order valence-corrected chi connectivity index (χ4v) is 3.83. The molecule has 0 aromatic rings. The summed E-state index contributed by atoms with van der Waals surface area (Å²) in [5.74, 6) is 0.783. The molecule has 2 fully saturated rings. The highest BCUT2D eigenvalue weighted by Crippen LogP contribution is 2.30. The highest BCUT2D eigenvalue weighted by atomic mass is 16.3. The van der Waals surface area contributed by atoms with Crippen molar-refractivity contribution in [3.05, 3.63) is 0 Å². The molecule has 4 unspecified atom stereocenters. The van der Waals surface area contributed by atoms with Gasteiger partial charge >= 0.3 is 0 Å². The maximum Gasteiger partial charge on any atom is 0.0695 e. The Bertz CT molecular complexity index is 255. The third-order valence-electron chi connectivity index (χ3n) is 5.04. The molecule has 0 amide bonds. The van der Waals surface area contributed by atoms with Gasteiger partial charge in [0, 0.05) is 25.2 Å². The van der Waals surface area contributed by atoms with E-state index in [2.05, 4.69) is 30.6 Å². The lowest BCUT2D eigenvalue weighted by Gasteiger charge is -2.38. The summed E-state index contributed by atoms with van der Waals surface area (Å²) in [7, 11) is 0. The van der Waals surface area contributed by atoms with Gasteiger partial charge in [0.2, 0.25) is 0 Å². The molecule has 3 heteroatoms. The van der Waals surface area contributed by atoms with Crippen molar-refractivity contribution >= 4 is 0 Å². The van der Waals surface area contributed by atoms with Crippen LogP contribution in [0.25, 0.3) is 0 Å². The van der Waals surface area contributed by atoms with Crippen molar-refractivity contribution in [1.82, 2.24) is 9.80 Å².